The largest absolute Gasteiger partial charge is 0.465 e. The smallest absolute Gasteiger partial charge is 0.325 e. The van der Waals surface area contributed by atoms with Gasteiger partial charge in [0.25, 0.3) is 0 Å². The van der Waals surface area contributed by atoms with Crippen LogP contribution in [0.3, 0.4) is 0 Å². The summed E-state index contributed by atoms with van der Waals surface area (Å²) in [6, 6.07) is 7.82. The first-order valence-electron chi connectivity index (χ1n) is 11.2. The molecule has 0 N–H and O–H groups in total. The van der Waals surface area contributed by atoms with E-state index >= 15 is 0 Å². The molecule has 2 heterocycles. The number of nitrogens with zero attached hydrogens (tertiary/aromatic N) is 2. The number of fused-ring (bicyclic) bond motifs is 1. The lowest BCUT2D eigenvalue weighted by molar-refractivity contribution is -0.143. The molecule has 31 heavy (non-hydrogen) atoms. The van der Waals surface area contributed by atoms with E-state index in [-0.39, 0.29) is 18.3 Å². The average molecular weight is 443 g/mol. The number of rotatable bonds is 7. The van der Waals surface area contributed by atoms with Crippen molar-refractivity contribution in [3.63, 3.8) is 0 Å². The molecule has 0 amide bonds. The predicted octanol–water partition coefficient (Wildman–Crippen LogP) is 3.59. The summed E-state index contributed by atoms with van der Waals surface area (Å²) in [5.41, 5.74) is 4.56. The van der Waals surface area contributed by atoms with Crippen molar-refractivity contribution in [1.29, 1.82) is 0 Å². The normalized spacial score (nSPS) is 17.5. The first-order chi connectivity index (χ1) is 15.0. The van der Waals surface area contributed by atoms with Gasteiger partial charge in [-0.25, -0.2) is 8.51 Å². The van der Waals surface area contributed by atoms with Crippen LogP contribution in [0.2, 0.25) is 0 Å². The lowest BCUT2D eigenvalue weighted by atomic mass is 9.90. The van der Waals surface area contributed by atoms with E-state index in [1.807, 2.05) is 40.1 Å². The molecule has 0 saturated carbocycles. The Bertz CT molecular complexity index is 1020. The summed E-state index contributed by atoms with van der Waals surface area (Å²) < 4.78 is 22.4. The first-order valence-corrected chi connectivity index (χ1v) is 12.3. The highest BCUT2D eigenvalue weighted by Gasteiger charge is 2.30. The highest BCUT2D eigenvalue weighted by Crippen LogP contribution is 2.33. The quantitative estimate of drug-likeness (QED) is 0.615. The molecule has 1 fully saturated rings. The van der Waals surface area contributed by atoms with Crippen LogP contribution in [0.4, 0.5) is 0 Å². The molecule has 4 rings (SSSR count). The molecular weight excluding hydrogens is 412 g/mol. The minimum atomic E-state index is -1.20. The topological polar surface area (TPSA) is 68.6 Å². The fourth-order valence-electron chi connectivity index (χ4n) is 4.76. The number of ether oxygens (including phenoxy) is 1. The van der Waals surface area contributed by atoms with Crippen LogP contribution in [0.1, 0.15) is 65.5 Å². The van der Waals surface area contributed by atoms with Crippen LogP contribution in [0, 0.1) is 6.92 Å². The van der Waals surface area contributed by atoms with Gasteiger partial charge in [0.15, 0.2) is 5.78 Å². The Morgan fingerprint density at radius 3 is 2.61 bits per heavy atom. The van der Waals surface area contributed by atoms with Gasteiger partial charge >= 0.3 is 5.97 Å². The van der Waals surface area contributed by atoms with Crippen LogP contribution in [0.5, 0.6) is 0 Å². The van der Waals surface area contributed by atoms with Crippen LogP contribution in [0.15, 0.2) is 29.2 Å². The summed E-state index contributed by atoms with van der Waals surface area (Å²) in [5, 5.41) is 0. The molecule has 1 aromatic heterocycles. The molecular formula is C24H30N2O4S. The van der Waals surface area contributed by atoms with Crippen LogP contribution in [0.25, 0.3) is 0 Å². The summed E-state index contributed by atoms with van der Waals surface area (Å²) in [6.45, 7) is 5.93. The van der Waals surface area contributed by atoms with Crippen LogP contribution >= 0.6 is 0 Å². The molecule has 0 radical (unpaired) electrons. The third-order valence-electron chi connectivity index (χ3n) is 6.27. The highest BCUT2D eigenvalue weighted by molar-refractivity contribution is 7.82. The maximum Gasteiger partial charge on any atom is 0.325 e. The highest BCUT2D eigenvalue weighted by atomic mass is 32.2. The Balaban J connectivity index is 1.73. The van der Waals surface area contributed by atoms with Crippen LogP contribution < -0.4 is 0 Å². The second kappa shape index (κ2) is 9.49. The second-order valence-electron chi connectivity index (χ2n) is 8.22. The lowest BCUT2D eigenvalue weighted by Gasteiger charge is -2.17. The van der Waals surface area contributed by atoms with Gasteiger partial charge in [0, 0.05) is 42.9 Å². The fraction of sp³-hybridized carbons (Fsp3) is 0.500. The third kappa shape index (κ3) is 4.39. The molecule has 0 spiro atoms. The maximum absolute atomic E-state index is 13.2. The van der Waals surface area contributed by atoms with E-state index < -0.39 is 11.0 Å². The van der Waals surface area contributed by atoms with Crippen LogP contribution in [-0.4, -0.2) is 44.5 Å². The zero-order chi connectivity index (χ0) is 22.0. The molecule has 1 aliphatic carbocycles. The summed E-state index contributed by atoms with van der Waals surface area (Å²) in [7, 11) is -1.20. The number of hydrogen-bond acceptors (Lipinski definition) is 4. The molecule has 2 aromatic rings. The number of esters is 1. The lowest BCUT2D eigenvalue weighted by Crippen LogP contribution is -2.23. The molecule has 1 atom stereocenters. The molecule has 166 valence electrons. The van der Waals surface area contributed by atoms with E-state index in [4.69, 9.17) is 4.74 Å². The maximum atomic E-state index is 13.2. The minimum Gasteiger partial charge on any atom is -0.465 e. The summed E-state index contributed by atoms with van der Waals surface area (Å²) in [4.78, 5) is 25.9. The van der Waals surface area contributed by atoms with Gasteiger partial charge in [-0.3, -0.25) is 9.59 Å². The predicted molar refractivity (Wildman–Crippen MR) is 120 cm³/mol. The molecule has 2 aliphatic rings. The Kier molecular flexibility index (Phi) is 6.72. The Morgan fingerprint density at radius 2 is 1.87 bits per heavy atom. The standard InChI is InChI=1S/C24H30N2O4S/c1-3-30-23(28)16-26-17(2)19(24-20(26)10-8-11-21(24)27)15-18-9-4-5-12-22(18)31(29)25-13-6-7-14-25/h4-5,9,12H,3,6-8,10-11,13-16H2,1-2H3. The van der Waals surface area contributed by atoms with Crippen molar-refractivity contribution < 1.29 is 18.5 Å². The van der Waals surface area contributed by atoms with Crippen molar-refractivity contribution in [3.8, 4) is 0 Å². The second-order valence-corrected chi connectivity index (χ2v) is 9.68. The summed E-state index contributed by atoms with van der Waals surface area (Å²) in [5.74, 6) is -0.149. The number of benzene rings is 1. The SMILES string of the molecule is CCOC(=O)Cn1c(C)c(Cc2ccccc2S(=O)N2CCCC2)c2c1CCCC2=O. The summed E-state index contributed by atoms with van der Waals surface area (Å²) in [6.07, 6.45) is 4.79. The van der Waals surface area contributed by atoms with Crippen LogP contribution in [-0.2, 0) is 39.9 Å². The Labute approximate surface area is 186 Å². The number of Topliss-reactive ketones (excluding diaryl/α,β-unsaturated/α-hetero) is 1. The van der Waals surface area contributed by atoms with Crippen molar-refractivity contribution in [2.24, 2.45) is 0 Å². The molecule has 1 saturated heterocycles. The van der Waals surface area contributed by atoms with E-state index in [0.29, 0.717) is 19.4 Å². The van der Waals surface area contributed by atoms with Crippen molar-refractivity contribution in [3.05, 3.63) is 52.3 Å². The van der Waals surface area contributed by atoms with Crippen molar-refractivity contribution in [1.82, 2.24) is 8.87 Å². The number of aromatic nitrogens is 1. The van der Waals surface area contributed by atoms with Gasteiger partial charge in [-0.15, -0.1) is 0 Å². The molecule has 7 heteroatoms. The Morgan fingerprint density at radius 1 is 1.13 bits per heavy atom. The average Bonchev–Trinajstić information content (AvgIpc) is 3.38. The van der Waals surface area contributed by atoms with E-state index in [0.717, 1.165) is 71.7 Å². The number of carbonyl (C=O) groups excluding carboxylic acids is 2. The van der Waals surface area contributed by atoms with Gasteiger partial charge in [-0.1, -0.05) is 18.2 Å². The molecule has 6 nitrogen and oxygen atoms in total. The van der Waals surface area contributed by atoms with Crippen molar-refractivity contribution in [2.75, 3.05) is 19.7 Å². The number of hydrogen-bond donors (Lipinski definition) is 0. The van der Waals surface area contributed by atoms with E-state index in [1.165, 1.54) is 0 Å². The minimum absolute atomic E-state index is 0.122. The fourth-order valence-corrected chi connectivity index (χ4v) is 6.18. The van der Waals surface area contributed by atoms with E-state index in [2.05, 4.69) is 0 Å². The molecule has 1 aromatic carbocycles. The van der Waals surface area contributed by atoms with E-state index in [1.54, 1.807) is 6.92 Å². The zero-order valence-electron chi connectivity index (χ0n) is 18.3. The van der Waals surface area contributed by atoms with Gasteiger partial charge in [-0.2, -0.15) is 0 Å². The van der Waals surface area contributed by atoms with Gasteiger partial charge < -0.3 is 9.30 Å². The number of ketones is 1. The first kappa shape index (κ1) is 22.0. The van der Waals surface area contributed by atoms with Gasteiger partial charge in [0.1, 0.15) is 17.5 Å². The van der Waals surface area contributed by atoms with Gasteiger partial charge in [0.2, 0.25) is 0 Å². The molecule has 0 bridgehead atoms. The Hall–Kier alpha value is -2.25. The van der Waals surface area contributed by atoms with Gasteiger partial charge in [-0.05, 0) is 56.7 Å². The molecule has 1 unspecified atom stereocenters. The zero-order valence-corrected chi connectivity index (χ0v) is 19.1. The molecule has 1 aliphatic heterocycles. The summed E-state index contributed by atoms with van der Waals surface area (Å²) >= 11 is 0. The number of carbonyl (C=O) groups is 2. The van der Waals surface area contributed by atoms with Crippen molar-refractivity contribution >= 4 is 22.7 Å². The van der Waals surface area contributed by atoms with E-state index in [9.17, 15) is 13.8 Å². The monoisotopic (exact) mass is 442 g/mol. The van der Waals surface area contributed by atoms with Gasteiger partial charge in [0.05, 0.1) is 11.5 Å². The third-order valence-corrected chi connectivity index (χ3v) is 7.88. The van der Waals surface area contributed by atoms with Crippen molar-refractivity contribution in [2.45, 2.75) is 63.8 Å².